The molecule has 0 spiro atoms. The highest BCUT2D eigenvalue weighted by molar-refractivity contribution is 7.07. The van der Waals surface area contributed by atoms with Crippen LogP contribution in [0.25, 0.3) is 0 Å². The predicted octanol–water partition coefficient (Wildman–Crippen LogP) is 1.69. The summed E-state index contributed by atoms with van der Waals surface area (Å²) in [5.74, 6) is 1.01. The highest BCUT2D eigenvalue weighted by Gasteiger charge is 2.01. The number of nitrogens with one attached hydrogen (secondary N) is 1. The Morgan fingerprint density at radius 3 is 3.19 bits per heavy atom. The van der Waals surface area contributed by atoms with Gasteiger partial charge in [-0.1, -0.05) is 0 Å². The highest BCUT2D eigenvalue weighted by atomic mass is 32.1. The molecule has 0 saturated heterocycles. The van der Waals surface area contributed by atoms with Gasteiger partial charge in [0.25, 0.3) is 0 Å². The second kappa shape index (κ2) is 5.77. The molecule has 0 aliphatic rings. The number of rotatable bonds is 6. The molecule has 0 bridgehead atoms. The average Bonchev–Trinajstić information content (AvgIpc) is 2.95. The van der Waals surface area contributed by atoms with E-state index in [9.17, 15) is 0 Å². The Bertz CT molecular complexity index is 407. The molecular weight excluding hydrogens is 220 g/mol. The second-order valence-electron chi connectivity index (χ2n) is 3.59. The molecule has 2 aromatic heterocycles. The minimum Gasteiger partial charge on any atom is -0.317 e. The molecule has 4 nitrogen and oxygen atoms in total. The van der Waals surface area contributed by atoms with Crippen LogP contribution in [0.4, 0.5) is 0 Å². The van der Waals surface area contributed by atoms with Crippen LogP contribution in [0.2, 0.25) is 0 Å². The first-order valence-corrected chi connectivity index (χ1v) is 6.43. The van der Waals surface area contributed by atoms with Gasteiger partial charge in [-0.2, -0.15) is 11.3 Å². The molecule has 0 aliphatic heterocycles. The molecule has 0 radical (unpaired) electrons. The van der Waals surface area contributed by atoms with Crippen molar-refractivity contribution in [3.8, 4) is 0 Å². The summed E-state index contributed by atoms with van der Waals surface area (Å²) < 4.78 is 2.05. The molecule has 0 unspecified atom stereocenters. The van der Waals surface area contributed by atoms with Gasteiger partial charge >= 0.3 is 0 Å². The van der Waals surface area contributed by atoms with Gasteiger partial charge in [0, 0.05) is 6.54 Å². The average molecular weight is 236 g/mol. The monoisotopic (exact) mass is 236 g/mol. The Morgan fingerprint density at radius 1 is 1.50 bits per heavy atom. The lowest BCUT2D eigenvalue weighted by Crippen LogP contribution is -2.19. The van der Waals surface area contributed by atoms with Gasteiger partial charge in [-0.05, 0) is 42.3 Å². The molecule has 5 heteroatoms. The summed E-state index contributed by atoms with van der Waals surface area (Å²) in [5.41, 5.74) is 1.40. The third-order valence-electron chi connectivity index (χ3n) is 2.49. The molecule has 16 heavy (non-hydrogen) atoms. The Hall–Kier alpha value is -1.20. The van der Waals surface area contributed by atoms with E-state index in [1.54, 1.807) is 17.7 Å². The molecule has 86 valence electrons. The van der Waals surface area contributed by atoms with Gasteiger partial charge in [0.15, 0.2) is 0 Å². The van der Waals surface area contributed by atoms with E-state index in [0.29, 0.717) is 0 Å². The second-order valence-corrected chi connectivity index (χ2v) is 4.37. The van der Waals surface area contributed by atoms with Gasteiger partial charge in [-0.3, -0.25) is 0 Å². The number of thiophene rings is 1. The fourth-order valence-corrected chi connectivity index (χ4v) is 2.25. The van der Waals surface area contributed by atoms with Crippen LogP contribution in [0.3, 0.4) is 0 Å². The zero-order valence-electron chi connectivity index (χ0n) is 9.39. The Kier molecular flexibility index (Phi) is 4.07. The van der Waals surface area contributed by atoms with Crippen molar-refractivity contribution in [3.05, 3.63) is 34.5 Å². The summed E-state index contributed by atoms with van der Waals surface area (Å²) in [6.45, 7) is 4.79. The van der Waals surface area contributed by atoms with E-state index >= 15 is 0 Å². The van der Waals surface area contributed by atoms with Crippen molar-refractivity contribution in [2.45, 2.75) is 26.4 Å². The lowest BCUT2D eigenvalue weighted by molar-refractivity contribution is 0.613. The summed E-state index contributed by atoms with van der Waals surface area (Å²) in [6.07, 6.45) is 2.85. The van der Waals surface area contributed by atoms with Gasteiger partial charge < -0.3 is 9.88 Å². The number of aromatic nitrogens is 3. The zero-order valence-corrected chi connectivity index (χ0v) is 10.2. The molecule has 0 amide bonds. The lowest BCUT2D eigenvalue weighted by atomic mass is 10.2. The Balaban J connectivity index is 1.72. The third-order valence-corrected chi connectivity index (χ3v) is 3.22. The van der Waals surface area contributed by atoms with Crippen molar-refractivity contribution in [1.82, 2.24) is 20.1 Å². The van der Waals surface area contributed by atoms with Crippen molar-refractivity contribution in [2.24, 2.45) is 0 Å². The molecule has 2 aromatic rings. The van der Waals surface area contributed by atoms with Crippen LogP contribution in [-0.4, -0.2) is 21.3 Å². The van der Waals surface area contributed by atoms with Crippen LogP contribution in [0.1, 0.15) is 18.3 Å². The van der Waals surface area contributed by atoms with Crippen LogP contribution < -0.4 is 5.32 Å². The normalized spacial score (nSPS) is 10.8. The molecular formula is C11H16N4S. The molecule has 0 fully saturated rings. The van der Waals surface area contributed by atoms with Crippen LogP contribution in [0.15, 0.2) is 23.2 Å². The summed E-state index contributed by atoms with van der Waals surface area (Å²) in [5, 5.41) is 15.7. The number of hydrogen-bond acceptors (Lipinski definition) is 4. The van der Waals surface area contributed by atoms with E-state index in [-0.39, 0.29) is 0 Å². The van der Waals surface area contributed by atoms with E-state index in [4.69, 9.17) is 0 Å². The van der Waals surface area contributed by atoms with Gasteiger partial charge in [-0.15, -0.1) is 10.2 Å². The minimum absolute atomic E-state index is 0.790. The number of hydrogen-bond donors (Lipinski definition) is 1. The number of nitrogens with zero attached hydrogens (tertiary/aromatic N) is 3. The SMILES string of the molecule is CCn1cnnc1CNCCc1ccsc1. The van der Waals surface area contributed by atoms with Crippen molar-refractivity contribution >= 4 is 11.3 Å². The fourth-order valence-electron chi connectivity index (χ4n) is 1.55. The van der Waals surface area contributed by atoms with Crippen LogP contribution in [-0.2, 0) is 19.5 Å². The largest absolute Gasteiger partial charge is 0.317 e. The van der Waals surface area contributed by atoms with Crippen molar-refractivity contribution in [3.63, 3.8) is 0 Å². The van der Waals surface area contributed by atoms with Crippen molar-refractivity contribution in [2.75, 3.05) is 6.54 Å². The number of aryl methyl sites for hydroxylation is 1. The smallest absolute Gasteiger partial charge is 0.146 e. The van der Waals surface area contributed by atoms with Crippen LogP contribution in [0, 0.1) is 0 Å². The summed E-state index contributed by atoms with van der Waals surface area (Å²) >= 11 is 1.75. The molecule has 2 heterocycles. The van der Waals surface area contributed by atoms with Crippen LogP contribution in [0.5, 0.6) is 0 Å². The van der Waals surface area contributed by atoms with Gasteiger partial charge in [0.1, 0.15) is 12.2 Å². The fraction of sp³-hybridized carbons (Fsp3) is 0.455. The van der Waals surface area contributed by atoms with E-state index in [0.717, 1.165) is 31.9 Å². The standard InChI is InChI=1S/C11H16N4S/c1-2-15-9-13-14-11(15)7-12-5-3-10-4-6-16-8-10/h4,6,8-9,12H,2-3,5,7H2,1H3. The Morgan fingerprint density at radius 2 is 2.44 bits per heavy atom. The first-order chi connectivity index (χ1) is 7.90. The van der Waals surface area contributed by atoms with Gasteiger partial charge in [0.2, 0.25) is 0 Å². The summed E-state index contributed by atoms with van der Waals surface area (Å²) in [6, 6.07) is 2.17. The highest BCUT2D eigenvalue weighted by Crippen LogP contribution is 2.05. The van der Waals surface area contributed by atoms with Crippen LogP contribution >= 0.6 is 11.3 Å². The molecule has 0 saturated carbocycles. The molecule has 2 rings (SSSR count). The Labute approximate surface area is 99.3 Å². The maximum atomic E-state index is 4.07. The molecule has 0 aliphatic carbocycles. The van der Waals surface area contributed by atoms with Gasteiger partial charge in [-0.25, -0.2) is 0 Å². The maximum absolute atomic E-state index is 4.07. The quantitative estimate of drug-likeness (QED) is 0.776. The third kappa shape index (κ3) is 2.90. The molecule has 0 aromatic carbocycles. The van der Waals surface area contributed by atoms with Gasteiger partial charge in [0.05, 0.1) is 6.54 Å². The predicted molar refractivity (Wildman–Crippen MR) is 65.4 cm³/mol. The lowest BCUT2D eigenvalue weighted by Gasteiger charge is -2.04. The summed E-state index contributed by atoms with van der Waals surface area (Å²) in [4.78, 5) is 0. The van der Waals surface area contributed by atoms with E-state index in [2.05, 4.69) is 43.8 Å². The molecule has 0 atom stereocenters. The zero-order chi connectivity index (χ0) is 11.2. The topological polar surface area (TPSA) is 42.7 Å². The molecule has 1 N–H and O–H groups in total. The van der Waals surface area contributed by atoms with Crippen molar-refractivity contribution < 1.29 is 0 Å². The summed E-state index contributed by atoms with van der Waals surface area (Å²) in [7, 11) is 0. The van der Waals surface area contributed by atoms with Crippen molar-refractivity contribution in [1.29, 1.82) is 0 Å². The van der Waals surface area contributed by atoms with E-state index in [1.165, 1.54) is 5.56 Å². The maximum Gasteiger partial charge on any atom is 0.146 e. The van der Waals surface area contributed by atoms with E-state index in [1.807, 2.05) is 0 Å². The first kappa shape index (κ1) is 11.3. The first-order valence-electron chi connectivity index (χ1n) is 5.48. The minimum atomic E-state index is 0.790. The van der Waals surface area contributed by atoms with E-state index < -0.39 is 0 Å².